The van der Waals surface area contributed by atoms with Gasteiger partial charge in [0.05, 0.1) is 0 Å². The fourth-order valence-electron chi connectivity index (χ4n) is 2.06. The van der Waals surface area contributed by atoms with Crippen LogP contribution in [-0.4, -0.2) is 10.1 Å². The number of hydrogen-bond acceptors (Lipinski definition) is 2. The minimum absolute atomic E-state index is 0.568. The Morgan fingerprint density at radius 3 is 1.38 bits per heavy atom. The van der Waals surface area contributed by atoms with Gasteiger partial charge in [0, 0.05) is 11.1 Å². The molecule has 0 spiro atoms. The molecule has 0 fully saturated rings. The summed E-state index contributed by atoms with van der Waals surface area (Å²) in [5.74, 6) is 1.14. The number of halogens is 3. The summed E-state index contributed by atoms with van der Waals surface area (Å²) in [5.41, 5.74) is 1.74. The van der Waals surface area contributed by atoms with E-state index in [4.69, 9.17) is 44.3 Å². The van der Waals surface area contributed by atoms with Crippen LogP contribution in [-0.2, 0) is 9.47 Å². The molecular formula is C16H11Cl3O2. The molecule has 0 saturated heterocycles. The topological polar surface area (TPSA) is 18.5 Å². The Morgan fingerprint density at radius 2 is 1.05 bits per heavy atom. The fraction of sp³-hybridized carbons (Fsp3) is 0.125. The van der Waals surface area contributed by atoms with Crippen molar-refractivity contribution in [1.29, 1.82) is 0 Å². The minimum Gasteiger partial charge on any atom is -0.446 e. The smallest absolute Gasteiger partial charge is 0.288 e. The van der Waals surface area contributed by atoms with Crippen molar-refractivity contribution >= 4 is 46.3 Å². The van der Waals surface area contributed by atoms with Crippen LogP contribution >= 0.6 is 34.8 Å². The van der Waals surface area contributed by atoms with Gasteiger partial charge in [-0.1, -0.05) is 95.5 Å². The van der Waals surface area contributed by atoms with E-state index in [2.05, 4.69) is 0 Å². The van der Waals surface area contributed by atoms with Gasteiger partial charge in [-0.15, -0.1) is 0 Å². The van der Waals surface area contributed by atoms with Crippen molar-refractivity contribution < 1.29 is 9.47 Å². The first-order chi connectivity index (χ1) is 10.1. The van der Waals surface area contributed by atoms with Crippen molar-refractivity contribution in [2.45, 2.75) is 10.1 Å². The predicted molar refractivity (Wildman–Crippen MR) is 85.9 cm³/mol. The van der Waals surface area contributed by atoms with E-state index in [9.17, 15) is 0 Å². The van der Waals surface area contributed by atoms with Gasteiger partial charge >= 0.3 is 0 Å². The van der Waals surface area contributed by atoms with Crippen molar-refractivity contribution in [1.82, 2.24) is 0 Å². The van der Waals surface area contributed by atoms with Gasteiger partial charge in [-0.05, 0) is 0 Å². The maximum absolute atomic E-state index is 5.90. The Labute approximate surface area is 137 Å². The van der Waals surface area contributed by atoms with E-state index in [1.54, 1.807) is 0 Å². The highest BCUT2D eigenvalue weighted by Crippen LogP contribution is 2.44. The second kappa shape index (κ2) is 5.80. The first-order valence-electron chi connectivity index (χ1n) is 6.31. The van der Waals surface area contributed by atoms with Crippen LogP contribution in [0, 0.1) is 0 Å². The largest absolute Gasteiger partial charge is 0.446 e. The second-order valence-electron chi connectivity index (χ2n) is 4.50. The van der Waals surface area contributed by atoms with Crippen LogP contribution in [0.2, 0.25) is 0 Å². The van der Waals surface area contributed by atoms with Crippen molar-refractivity contribution in [2.75, 3.05) is 0 Å². The van der Waals surface area contributed by atoms with Crippen LogP contribution in [0.5, 0.6) is 0 Å². The number of benzene rings is 2. The van der Waals surface area contributed by atoms with E-state index in [1.807, 2.05) is 60.7 Å². The summed E-state index contributed by atoms with van der Waals surface area (Å²) in [6, 6.07) is 19.2. The van der Waals surface area contributed by atoms with Gasteiger partial charge in [-0.2, -0.15) is 0 Å². The summed E-state index contributed by atoms with van der Waals surface area (Å²) < 4.78 is 9.81. The molecular weight excluding hydrogens is 331 g/mol. The van der Waals surface area contributed by atoms with Crippen LogP contribution < -0.4 is 0 Å². The molecule has 0 bridgehead atoms. The lowest BCUT2D eigenvalue weighted by Crippen LogP contribution is -2.26. The Balaban J connectivity index is 2.05. The Bertz CT molecular complexity index is 597. The van der Waals surface area contributed by atoms with E-state index >= 15 is 0 Å². The summed E-state index contributed by atoms with van der Waals surface area (Å²) in [6.45, 7) is 0. The molecule has 108 valence electrons. The molecule has 2 aromatic rings. The molecule has 21 heavy (non-hydrogen) atoms. The monoisotopic (exact) mass is 340 g/mol. The maximum Gasteiger partial charge on any atom is 0.288 e. The molecule has 0 radical (unpaired) electrons. The summed E-state index contributed by atoms with van der Waals surface area (Å²) >= 11 is 17.7. The normalized spacial score (nSPS) is 15.8. The van der Waals surface area contributed by atoms with Gasteiger partial charge in [0.15, 0.2) is 11.5 Å². The Kier molecular flexibility index (Phi) is 4.03. The molecule has 1 heterocycles. The minimum atomic E-state index is -1.67. The first kappa shape index (κ1) is 14.6. The lowest BCUT2D eigenvalue weighted by atomic mass is 10.1. The molecule has 1 aliphatic rings. The van der Waals surface area contributed by atoms with E-state index in [0.717, 1.165) is 11.1 Å². The molecule has 0 N–H and O–H groups in total. The molecule has 0 aliphatic carbocycles. The number of ether oxygens (including phenoxy) is 2. The third-order valence-electron chi connectivity index (χ3n) is 3.00. The fourth-order valence-corrected chi connectivity index (χ4v) is 2.32. The van der Waals surface area contributed by atoms with E-state index in [-0.39, 0.29) is 0 Å². The third kappa shape index (κ3) is 3.13. The van der Waals surface area contributed by atoms with Gasteiger partial charge in [-0.3, -0.25) is 0 Å². The van der Waals surface area contributed by atoms with E-state index < -0.39 is 10.1 Å². The maximum atomic E-state index is 5.90. The van der Waals surface area contributed by atoms with Crippen molar-refractivity contribution in [3.8, 4) is 0 Å². The first-order valence-corrected chi connectivity index (χ1v) is 7.44. The number of alkyl halides is 3. The number of hydrogen-bond donors (Lipinski definition) is 0. The standard InChI is InChI=1S/C16H11Cl3O2/c17-16(18,19)15-20-13(11-7-3-1-4-8-11)14(21-15)12-9-5-2-6-10-12/h1-10,15H. The Hall–Kier alpha value is -1.35. The highest BCUT2D eigenvalue weighted by atomic mass is 35.6. The lowest BCUT2D eigenvalue weighted by molar-refractivity contribution is -0.00256. The van der Waals surface area contributed by atoms with Crippen LogP contribution in [0.15, 0.2) is 60.7 Å². The van der Waals surface area contributed by atoms with Crippen molar-refractivity contribution in [3.05, 3.63) is 71.8 Å². The van der Waals surface area contributed by atoms with Crippen LogP contribution in [0.3, 0.4) is 0 Å². The van der Waals surface area contributed by atoms with Crippen molar-refractivity contribution in [2.24, 2.45) is 0 Å². The van der Waals surface area contributed by atoms with Crippen LogP contribution in [0.25, 0.3) is 11.5 Å². The van der Waals surface area contributed by atoms with E-state index in [0.29, 0.717) is 11.5 Å². The van der Waals surface area contributed by atoms with Crippen LogP contribution in [0.4, 0.5) is 0 Å². The van der Waals surface area contributed by atoms with Gasteiger partial charge in [-0.25, -0.2) is 0 Å². The zero-order valence-corrected chi connectivity index (χ0v) is 13.1. The quantitative estimate of drug-likeness (QED) is 0.694. The SMILES string of the molecule is ClC(Cl)(Cl)C1OC(c2ccccc2)=C(c2ccccc2)O1. The molecule has 0 unspecified atom stereocenters. The van der Waals surface area contributed by atoms with E-state index in [1.165, 1.54) is 0 Å². The molecule has 0 amide bonds. The Morgan fingerprint density at radius 1 is 0.667 bits per heavy atom. The lowest BCUT2D eigenvalue weighted by Gasteiger charge is -2.19. The molecule has 2 aromatic carbocycles. The summed E-state index contributed by atoms with van der Waals surface area (Å²) in [5, 5.41) is 0. The van der Waals surface area contributed by atoms with Gasteiger partial charge in [0.25, 0.3) is 10.1 Å². The highest BCUT2D eigenvalue weighted by molar-refractivity contribution is 6.68. The molecule has 3 rings (SSSR count). The third-order valence-corrected chi connectivity index (χ3v) is 3.53. The van der Waals surface area contributed by atoms with Crippen LogP contribution in [0.1, 0.15) is 11.1 Å². The highest BCUT2D eigenvalue weighted by Gasteiger charge is 2.43. The zero-order chi connectivity index (χ0) is 14.9. The van der Waals surface area contributed by atoms with Gasteiger partial charge < -0.3 is 9.47 Å². The molecule has 5 heteroatoms. The van der Waals surface area contributed by atoms with Gasteiger partial charge in [0.2, 0.25) is 0 Å². The average Bonchev–Trinajstić information content (AvgIpc) is 2.94. The predicted octanol–water partition coefficient (Wildman–Crippen LogP) is 5.26. The number of rotatable bonds is 2. The average molecular weight is 342 g/mol. The van der Waals surface area contributed by atoms with Crippen molar-refractivity contribution in [3.63, 3.8) is 0 Å². The second-order valence-corrected chi connectivity index (χ2v) is 6.87. The zero-order valence-electron chi connectivity index (χ0n) is 10.8. The molecule has 2 nitrogen and oxygen atoms in total. The molecule has 0 atom stereocenters. The molecule has 1 aliphatic heterocycles. The molecule has 0 saturated carbocycles. The summed E-state index contributed by atoms with van der Waals surface area (Å²) in [7, 11) is 0. The summed E-state index contributed by atoms with van der Waals surface area (Å²) in [6.07, 6.45) is -0.979. The summed E-state index contributed by atoms with van der Waals surface area (Å²) in [4.78, 5) is 0. The molecule has 0 aromatic heterocycles. The van der Waals surface area contributed by atoms with Gasteiger partial charge in [0.1, 0.15) is 0 Å².